The number of nitrogens with one attached hydrogen (secondary N) is 1. The van der Waals surface area contributed by atoms with Gasteiger partial charge in [0.05, 0.1) is 5.69 Å². The lowest BCUT2D eigenvalue weighted by Crippen LogP contribution is -2.50. The Morgan fingerprint density at radius 2 is 1.95 bits per heavy atom. The Hall–Kier alpha value is -0.910. The van der Waals surface area contributed by atoms with Crippen LogP contribution in [0.2, 0.25) is 0 Å². The van der Waals surface area contributed by atoms with Crippen LogP contribution in [0.4, 0.5) is 0 Å². The van der Waals surface area contributed by atoms with Crippen LogP contribution in [0.15, 0.2) is 0 Å². The molecule has 1 unspecified atom stereocenters. The standard InChI is InChI=1S/C16H29N5/c1-4-21-14(3)16(13(2)18-21)12-19-7-9-20(10-8-19)15-5-6-17-11-15/h15,17H,4-12H2,1-3H3. The quantitative estimate of drug-likeness (QED) is 0.898. The molecule has 0 bridgehead atoms. The number of aryl methyl sites for hydroxylation is 2. The fourth-order valence-corrected chi connectivity index (χ4v) is 3.73. The molecule has 1 aromatic heterocycles. The van der Waals surface area contributed by atoms with Crippen molar-refractivity contribution in [2.45, 2.75) is 46.3 Å². The van der Waals surface area contributed by atoms with E-state index in [4.69, 9.17) is 0 Å². The maximum absolute atomic E-state index is 4.64. The number of piperazine rings is 1. The van der Waals surface area contributed by atoms with Crippen LogP contribution < -0.4 is 5.32 Å². The van der Waals surface area contributed by atoms with Gasteiger partial charge in [0.2, 0.25) is 0 Å². The molecule has 0 radical (unpaired) electrons. The van der Waals surface area contributed by atoms with E-state index in [1.165, 1.54) is 62.6 Å². The van der Waals surface area contributed by atoms with Crippen LogP contribution >= 0.6 is 0 Å². The fraction of sp³-hybridized carbons (Fsp3) is 0.812. The molecule has 3 rings (SSSR count). The van der Waals surface area contributed by atoms with Crippen molar-refractivity contribution in [3.8, 4) is 0 Å². The molecule has 5 nitrogen and oxygen atoms in total. The van der Waals surface area contributed by atoms with Gasteiger partial charge >= 0.3 is 0 Å². The summed E-state index contributed by atoms with van der Waals surface area (Å²) in [6.45, 7) is 15.7. The normalized spacial score (nSPS) is 24.8. The molecular weight excluding hydrogens is 262 g/mol. The van der Waals surface area contributed by atoms with Crippen LogP contribution in [0.1, 0.15) is 30.3 Å². The van der Waals surface area contributed by atoms with Gasteiger partial charge in [-0.15, -0.1) is 0 Å². The second kappa shape index (κ2) is 6.46. The molecule has 21 heavy (non-hydrogen) atoms. The summed E-state index contributed by atoms with van der Waals surface area (Å²) in [5.74, 6) is 0. The maximum atomic E-state index is 4.64. The third-order valence-electron chi connectivity index (χ3n) is 5.17. The van der Waals surface area contributed by atoms with Crippen molar-refractivity contribution in [1.29, 1.82) is 0 Å². The number of hydrogen-bond donors (Lipinski definition) is 1. The molecule has 2 saturated heterocycles. The van der Waals surface area contributed by atoms with E-state index in [2.05, 4.69) is 45.7 Å². The lowest BCUT2D eigenvalue weighted by molar-refractivity contribution is 0.0979. The van der Waals surface area contributed by atoms with Gasteiger partial charge < -0.3 is 5.32 Å². The Morgan fingerprint density at radius 3 is 2.52 bits per heavy atom. The zero-order valence-electron chi connectivity index (χ0n) is 13.7. The lowest BCUT2D eigenvalue weighted by Gasteiger charge is -2.37. The summed E-state index contributed by atoms with van der Waals surface area (Å²) >= 11 is 0. The first-order valence-electron chi connectivity index (χ1n) is 8.39. The van der Waals surface area contributed by atoms with Crippen LogP contribution in [-0.4, -0.2) is 64.9 Å². The van der Waals surface area contributed by atoms with Crippen LogP contribution in [0, 0.1) is 13.8 Å². The van der Waals surface area contributed by atoms with Crippen LogP contribution in [-0.2, 0) is 13.1 Å². The number of hydrogen-bond acceptors (Lipinski definition) is 4. The summed E-state index contributed by atoms with van der Waals surface area (Å²) in [4.78, 5) is 5.27. The van der Waals surface area contributed by atoms with Gasteiger partial charge in [-0.25, -0.2) is 0 Å². The number of nitrogens with zero attached hydrogens (tertiary/aromatic N) is 4. The summed E-state index contributed by atoms with van der Waals surface area (Å²) < 4.78 is 2.13. The van der Waals surface area contributed by atoms with Gasteiger partial charge in [0.1, 0.15) is 0 Å². The summed E-state index contributed by atoms with van der Waals surface area (Å²) in [5, 5.41) is 8.12. The summed E-state index contributed by atoms with van der Waals surface area (Å²) in [5.41, 5.74) is 3.99. The van der Waals surface area contributed by atoms with Crippen molar-refractivity contribution in [3.05, 3.63) is 17.0 Å². The fourth-order valence-electron chi connectivity index (χ4n) is 3.73. The number of rotatable bonds is 4. The molecule has 3 heterocycles. The topological polar surface area (TPSA) is 36.3 Å². The highest BCUT2D eigenvalue weighted by atomic mass is 15.3. The van der Waals surface area contributed by atoms with Crippen LogP contribution in [0.3, 0.4) is 0 Å². The summed E-state index contributed by atoms with van der Waals surface area (Å²) in [6.07, 6.45) is 1.32. The minimum absolute atomic E-state index is 0.776. The van der Waals surface area contributed by atoms with Crippen molar-refractivity contribution in [2.75, 3.05) is 39.3 Å². The molecule has 0 saturated carbocycles. The third-order valence-corrected chi connectivity index (χ3v) is 5.17. The molecule has 1 atom stereocenters. The molecule has 2 aliphatic heterocycles. The van der Waals surface area contributed by atoms with E-state index in [1.807, 2.05) is 0 Å². The van der Waals surface area contributed by atoms with E-state index >= 15 is 0 Å². The third kappa shape index (κ3) is 3.15. The summed E-state index contributed by atoms with van der Waals surface area (Å²) in [7, 11) is 0. The van der Waals surface area contributed by atoms with Crippen molar-refractivity contribution in [3.63, 3.8) is 0 Å². The highest BCUT2D eigenvalue weighted by Gasteiger charge is 2.26. The Bertz CT molecular complexity index is 467. The molecule has 2 aliphatic rings. The minimum atomic E-state index is 0.776. The molecule has 0 aromatic carbocycles. The zero-order valence-corrected chi connectivity index (χ0v) is 13.7. The molecule has 1 N–H and O–H groups in total. The van der Waals surface area contributed by atoms with Gasteiger partial charge in [0.25, 0.3) is 0 Å². The van der Waals surface area contributed by atoms with Crippen molar-refractivity contribution < 1.29 is 0 Å². The second-order valence-corrected chi connectivity index (χ2v) is 6.42. The number of aromatic nitrogens is 2. The molecule has 0 amide bonds. The van der Waals surface area contributed by atoms with Crippen molar-refractivity contribution in [2.24, 2.45) is 0 Å². The van der Waals surface area contributed by atoms with Gasteiger partial charge in [-0.1, -0.05) is 0 Å². The molecule has 1 aromatic rings. The molecular formula is C16H29N5. The Balaban J connectivity index is 1.56. The van der Waals surface area contributed by atoms with E-state index in [9.17, 15) is 0 Å². The highest BCUT2D eigenvalue weighted by Crippen LogP contribution is 2.18. The van der Waals surface area contributed by atoms with E-state index in [-0.39, 0.29) is 0 Å². The Labute approximate surface area is 128 Å². The molecule has 0 spiro atoms. The predicted molar refractivity (Wildman–Crippen MR) is 85.5 cm³/mol. The first kappa shape index (κ1) is 15.0. The Morgan fingerprint density at radius 1 is 1.19 bits per heavy atom. The van der Waals surface area contributed by atoms with Crippen molar-refractivity contribution >= 4 is 0 Å². The average Bonchev–Trinajstić information content (AvgIpc) is 3.12. The van der Waals surface area contributed by atoms with Gasteiger partial charge in [-0.05, 0) is 33.7 Å². The highest BCUT2D eigenvalue weighted by molar-refractivity contribution is 5.24. The zero-order chi connectivity index (χ0) is 14.8. The lowest BCUT2D eigenvalue weighted by atomic mass is 10.1. The van der Waals surface area contributed by atoms with Gasteiger partial charge in [-0.3, -0.25) is 14.5 Å². The first-order chi connectivity index (χ1) is 10.2. The smallest absolute Gasteiger partial charge is 0.0641 e. The maximum Gasteiger partial charge on any atom is 0.0641 e. The largest absolute Gasteiger partial charge is 0.315 e. The van der Waals surface area contributed by atoms with E-state index in [0.717, 1.165) is 19.1 Å². The second-order valence-electron chi connectivity index (χ2n) is 6.42. The average molecular weight is 291 g/mol. The monoisotopic (exact) mass is 291 g/mol. The van der Waals surface area contributed by atoms with Gasteiger partial charge in [0.15, 0.2) is 0 Å². The van der Waals surface area contributed by atoms with E-state index < -0.39 is 0 Å². The summed E-state index contributed by atoms with van der Waals surface area (Å²) in [6, 6.07) is 0.776. The molecule has 5 heteroatoms. The van der Waals surface area contributed by atoms with E-state index in [0.29, 0.717) is 0 Å². The SMILES string of the molecule is CCn1nc(C)c(CN2CCN(C3CCNC3)CC2)c1C. The predicted octanol–water partition coefficient (Wildman–Crippen LogP) is 0.999. The van der Waals surface area contributed by atoms with Gasteiger partial charge in [0, 0.05) is 63.1 Å². The molecule has 0 aliphatic carbocycles. The van der Waals surface area contributed by atoms with Crippen LogP contribution in [0.5, 0.6) is 0 Å². The van der Waals surface area contributed by atoms with Crippen LogP contribution in [0.25, 0.3) is 0 Å². The first-order valence-corrected chi connectivity index (χ1v) is 8.39. The minimum Gasteiger partial charge on any atom is -0.315 e. The van der Waals surface area contributed by atoms with Crippen molar-refractivity contribution in [1.82, 2.24) is 24.9 Å². The Kier molecular flexibility index (Phi) is 4.62. The molecule has 2 fully saturated rings. The molecule has 118 valence electrons. The van der Waals surface area contributed by atoms with Gasteiger partial charge in [-0.2, -0.15) is 5.10 Å². The van der Waals surface area contributed by atoms with E-state index in [1.54, 1.807) is 0 Å².